The van der Waals surface area contributed by atoms with Gasteiger partial charge in [-0.05, 0) is 40.8 Å². The number of fused-ring (bicyclic) bond motifs is 1. The lowest BCUT2D eigenvalue weighted by atomic mass is 9.89. The predicted molar refractivity (Wildman–Crippen MR) is 166 cm³/mol. The van der Waals surface area contributed by atoms with E-state index in [1.807, 2.05) is 72.8 Å². The highest BCUT2D eigenvalue weighted by molar-refractivity contribution is 6.09. The van der Waals surface area contributed by atoms with Crippen LogP contribution in [-0.4, -0.2) is 57.6 Å². The summed E-state index contributed by atoms with van der Waals surface area (Å²) in [4.78, 5) is 55.2. The van der Waals surface area contributed by atoms with Crippen LogP contribution in [0.25, 0.3) is 10.8 Å². The van der Waals surface area contributed by atoms with E-state index in [4.69, 9.17) is 11.1 Å². The summed E-state index contributed by atoms with van der Waals surface area (Å²) < 4.78 is 0. The van der Waals surface area contributed by atoms with Gasteiger partial charge in [0.05, 0.1) is 5.92 Å². The molecule has 1 heterocycles. The third kappa shape index (κ3) is 5.87. The van der Waals surface area contributed by atoms with Crippen LogP contribution in [0.15, 0.2) is 97.1 Å². The number of carboxylic acid groups (broad SMARTS) is 1. The fraction of sp³-hybridized carbons (Fsp3) is 0.206. The molecule has 10 nitrogen and oxygen atoms in total. The Kier molecular flexibility index (Phi) is 8.43. The van der Waals surface area contributed by atoms with E-state index >= 15 is 0 Å². The lowest BCUT2D eigenvalue weighted by molar-refractivity contribution is -0.142. The van der Waals surface area contributed by atoms with E-state index in [-0.39, 0.29) is 25.3 Å². The Hall–Kier alpha value is -5.51. The SMILES string of the molecule is C[C@]1(c2ccc(C(=N)N)cc2)C(=O)N(CC(=O)NC[C@H](Cc2cccc3ccccc23)C(=O)O)C(=O)N1Cc1ccccc1. The van der Waals surface area contributed by atoms with Crippen LogP contribution in [0, 0.1) is 11.3 Å². The molecule has 0 aromatic heterocycles. The number of carboxylic acids is 1. The molecule has 1 aliphatic rings. The minimum atomic E-state index is -1.44. The molecule has 224 valence electrons. The molecule has 0 saturated carbocycles. The van der Waals surface area contributed by atoms with Gasteiger partial charge in [0.25, 0.3) is 5.91 Å². The summed E-state index contributed by atoms with van der Waals surface area (Å²) in [6.07, 6.45) is 0.192. The molecule has 5 rings (SSSR count). The van der Waals surface area contributed by atoms with Crippen molar-refractivity contribution in [2.24, 2.45) is 11.7 Å². The molecule has 5 N–H and O–H groups in total. The number of carbonyl (C=O) groups is 4. The van der Waals surface area contributed by atoms with E-state index in [1.54, 1.807) is 31.2 Å². The summed E-state index contributed by atoms with van der Waals surface area (Å²) in [5, 5.41) is 22.2. The molecule has 0 aliphatic carbocycles. The average Bonchev–Trinajstić information content (AvgIpc) is 3.20. The second kappa shape index (κ2) is 12.4. The van der Waals surface area contributed by atoms with Crippen molar-refractivity contribution in [3.8, 4) is 0 Å². The van der Waals surface area contributed by atoms with Gasteiger partial charge in [-0.1, -0.05) is 97.1 Å². The molecule has 0 spiro atoms. The fourth-order valence-electron chi connectivity index (χ4n) is 5.61. The second-order valence-corrected chi connectivity index (χ2v) is 11.0. The van der Waals surface area contributed by atoms with Crippen molar-refractivity contribution in [3.63, 3.8) is 0 Å². The molecule has 1 fully saturated rings. The first-order chi connectivity index (χ1) is 21.1. The van der Waals surface area contributed by atoms with Gasteiger partial charge < -0.3 is 21.1 Å². The number of rotatable bonds is 11. The van der Waals surface area contributed by atoms with Crippen LogP contribution >= 0.6 is 0 Å². The van der Waals surface area contributed by atoms with E-state index in [2.05, 4.69) is 5.32 Å². The number of amides is 4. The van der Waals surface area contributed by atoms with Crippen LogP contribution < -0.4 is 11.1 Å². The highest BCUT2D eigenvalue weighted by Gasteiger charge is 2.55. The number of nitrogen functional groups attached to an aromatic ring is 1. The Morgan fingerprint density at radius 2 is 1.59 bits per heavy atom. The summed E-state index contributed by atoms with van der Waals surface area (Å²) >= 11 is 0. The largest absolute Gasteiger partial charge is 0.481 e. The minimum absolute atomic E-state index is 0.112. The van der Waals surface area contributed by atoms with Gasteiger partial charge in [-0.15, -0.1) is 0 Å². The van der Waals surface area contributed by atoms with Crippen molar-refractivity contribution in [2.75, 3.05) is 13.1 Å². The van der Waals surface area contributed by atoms with Gasteiger partial charge in [-0.3, -0.25) is 24.7 Å². The standard InChI is InChI=1S/C34H33N5O5/c1-34(27-16-14-24(15-17-27)30(35)36)32(43)38(33(44)39(34)20-22-8-3-2-4-9-22)21-29(40)37-19-26(31(41)42)18-25-12-7-11-23-10-5-6-13-28(23)25/h2-17,26H,18-21H2,1H3,(H3,35,36)(H,37,40)(H,41,42)/t26-,34-/m0/s1. The maximum atomic E-state index is 13.9. The van der Waals surface area contributed by atoms with Crippen molar-refractivity contribution >= 4 is 40.4 Å². The molecular weight excluding hydrogens is 558 g/mol. The van der Waals surface area contributed by atoms with Crippen molar-refractivity contribution in [1.29, 1.82) is 5.41 Å². The van der Waals surface area contributed by atoms with E-state index in [0.29, 0.717) is 11.1 Å². The van der Waals surface area contributed by atoms with E-state index in [9.17, 15) is 24.3 Å². The molecule has 44 heavy (non-hydrogen) atoms. The smallest absolute Gasteiger partial charge is 0.328 e. The molecule has 4 aromatic carbocycles. The molecule has 1 saturated heterocycles. The van der Waals surface area contributed by atoms with Crippen LogP contribution in [0.4, 0.5) is 4.79 Å². The monoisotopic (exact) mass is 591 g/mol. The Labute approximate surface area is 254 Å². The van der Waals surface area contributed by atoms with Crippen LogP contribution in [0.1, 0.15) is 29.2 Å². The first kappa shape index (κ1) is 30.0. The zero-order valence-electron chi connectivity index (χ0n) is 24.2. The first-order valence-electron chi connectivity index (χ1n) is 14.2. The molecule has 1 aliphatic heterocycles. The van der Waals surface area contributed by atoms with Gasteiger partial charge in [0, 0.05) is 18.7 Å². The third-order valence-electron chi connectivity index (χ3n) is 8.15. The third-order valence-corrected chi connectivity index (χ3v) is 8.15. The average molecular weight is 592 g/mol. The number of nitrogens with two attached hydrogens (primary N) is 1. The minimum Gasteiger partial charge on any atom is -0.481 e. The van der Waals surface area contributed by atoms with Crippen molar-refractivity contribution in [2.45, 2.75) is 25.4 Å². The molecule has 2 atom stereocenters. The maximum Gasteiger partial charge on any atom is 0.328 e. The van der Waals surface area contributed by atoms with E-state index in [0.717, 1.165) is 26.8 Å². The van der Waals surface area contributed by atoms with Crippen molar-refractivity contribution in [1.82, 2.24) is 15.1 Å². The second-order valence-electron chi connectivity index (χ2n) is 11.0. The summed E-state index contributed by atoms with van der Waals surface area (Å²) in [6, 6.07) is 28.4. The van der Waals surface area contributed by atoms with Gasteiger partial charge in [0.2, 0.25) is 5.91 Å². The summed E-state index contributed by atoms with van der Waals surface area (Å²) in [7, 11) is 0. The van der Waals surface area contributed by atoms with E-state index in [1.165, 1.54) is 4.90 Å². The lowest BCUT2D eigenvalue weighted by Crippen LogP contribution is -2.45. The molecule has 4 aromatic rings. The summed E-state index contributed by atoms with van der Waals surface area (Å²) in [6.45, 7) is 0.998. The van der Waals surface area contributed by atoms with Gasteiger partial charge in [0.1, 0.15) is 17.9 Å². The van der Waals surface area contributed by atoms with Crippen LogP contribution in [0.5, 0.6) is 0 Å². The number of hydrogen-bond donors (Lipinski definition) is 4. The Bertz CT molecular complexity index is 1740. The van der Waals surface area contributed by atoms with Crippen molar-refractivity contribution in [3.05, 3.63) is 119 Å². The Morgan fingerprint density at radius 1 is 0.932 bits per heavy atom. The number of nitrogens with zero attached hydrogens (tertiary/aromatic N) is 2. The summed E-state index contributed by atoms with van der Waals surface area (Å²) in [5.41, 5.74) is 6.77. The molecule has 10 heteroatoms. The number of nitrogens with one attached hydrogen (secondary N) is 2. The number of hydrogen-bond acceptors (Lipinski definition) is 5. The van der Waals surface area contributed by atoms with Crippen molar-refractivity contribution < 1.29 is 24.3 Å². The fourth-order valence-corrected chi connectivity index (χ4v) is 5.61. The maximum absolute atomic E-state index is 13.9. The van der Waals surface area contributed by atoms with Gasteiger partial charge >= 0.3 is 12.0 Å². The van der Waals surface area contributed by atoms with Gasteiger partial charge in [0.15, 0.2) is 0 Å². The van der Waals surface area contributed by atoms with Crippen LogP contribution in [0.3, 0.4) is 0 Å². The number of imide groups is 1. The molecule has 4 amide bonds. The normalized spacial score (nSPS) is 17.1. The number of benzene rings is 4. The zero-order valence-corrected chi connectivity index (χ0v) is 24.2. The van der Waals surface area contributed by atoms with Crippen LogP contribution in [0.2, 0.25) is 0 Å². The van der Waals surface area contributed by atoms with Gasteiger partial charge in [-0.25, -0.2) is 4.79 Å². The predicted octanol–water partition coefficient (Wildman–Crippen LogP) is 3.86. The quantitative estimate of drug-likeness (QED) is 0.118. The molecular formula is C34H33N5O5. The molecule has 0 radical (unpaired) electrons. The summed E-state index contributed by atoms with van der Waals surface area (Å²) in [5.74, 6) is -3.35. The highest BCUT2D eigenvalue weighted by Crippen LogP contribution is 2.38. The molecule has 0 unspecified atom stereocenters. The lowest BCUT2D eigenvalue weighted by Gasteiger charge is -2.32. The molecule has 0 bridgehead atoms. The number of aliphatic carboxylic acids is 1. The topological polar surface area (TPSA) is 157 Å². The van der Waals surface area contributed by atoms with Crippen LogP contribution in [-0.2, 0) is 32.9 Å². The van der Waals surface area contributed by atoms with E-state index < -0.39 is 41.8 Å². The number of carbonyl (C=O) groups excluding carboxylic acids is 3. The highest BCUT2D eigenvalue weighted by atomic mass is 16.4. The Morgan fingerprint density at radius 3 is 2.27 bits per heavy atom. The Balaban J connectivity index is 1.34. The first-order valence-corrected chi connectivity index (χ1v) is 14.2. The zero-order chi connectivity index (χ0) is 31.4. The number of amidine groups is 1. The number of urea groups is 1. The van der Waals surface area contributed by atoms with Gasteiger partial charge in [-0.2, -0.15) is 0 Å².